The molecule has 0 bridgehead atoms. The number of methoxy groups -OCH3 is 1. The topological polar surface area (TPSA) is 99.1 Å². The van der Waals surface area contributed by atoms with Gasteiger partial charge in [0.05, 0.1) is 29.6 Å². The van der Waals surface area contributed by atoms with Crippen LogP contribution in [0, 0.1) is 11.8 Å². The maximum absolute atomic E-state index is 13.1. The van der Waals surface area contributed by atoms with Gasteiger partial charge in [0.25, 0.3) is 0 Å². The molecule has 3 aromatic carbocycles. The van der Waals surface area contributed by atoms with Gasteiger partial charge in [0, 0.05) is 10.8 Å². The largest absolute Gasteiger partial charge is 0.469 e. The van der Waals surface area contributed by atoms with E-state index in [-0.39, 0.29) is 0 Å². The van der Waals surface area contributed by atoms with E-state index in [2.05, 4.69) is 0 Å². The van der Waals surface area contributed by atoms with Crippen molar-refractivity contribution in [2.75, 3.05) is 7.11 Å². The van der Waals surface area contributed by atoms with Gasteiger partial charge >= 0.3 is 17.9 Å². The third-order valence-corrected chi connectivity index (χ3v) is 7.77. The van der Waals surface area contributed by atoms with Crippen molar-refractivity contribution in [1.29, 1.82) is 0 Å². The molecule has 0 aromatic heterocycles. The zero-order chi connectivity index (χ0) is 26.4. The minimum absolute atomic E-state index is 0.292. The molecule has 7 nitrogen and oxygen atoms in total. The zero-order valence-electron chi connectivity index (χ0n) is 20.4. The Morgan fingerprint density at radius 3 is 1.68 bits per heavy atom. The number of rotatable bonds is 7. The first-order valence-electron chi connectivity index (χ1n) is 11.9. The maximum atomic E-state index is 13.1. The molecule has 0 amide bonds. The van der Waals surface area contributed by atoms with E-state index in [1.54, 1.807) is 67.6 Å². The third-order valence-electron chi connectivity index (χ3n) is 6.42. The smallest absolute Gasteiger partial charge is 0.338 e. The van der Waals surface area contributed by atoms with Crippen LogP contribution in [0.3, 0.4) is 0 Å². The van der Waals surface area contributed by atoms with Gasteiger partial charge < -0.3 is 19.3 Å². The summed E-state index contributed by atoms with van der Waals surface area (Å²) in [6.07, 6.45) is -3.32. The fourth-order valence-electron chi connectivity index (χ4n) is 4.45. The van der Waals surface area contributed by atoms with Crippen LogP contribution in [0.2, 0.25) is 0 Å². The Bertz CT molecular complexity index is 1200. The Labute approximate surface area is 219 Å². The van der Waals surface area contributed by atoms with Gasteiger partial charge in [-0.25, -0.2) is 9.59 Å². The predicted octanol–water partition coefficient (Wildman–Crippen LogP) is 4.40. The average Bonchev–Trinajstić information content (AvgIpc) is 2.94. The summed E-state index contributed by atoms with van der Waals surface area (Å²) in [6, 6.07) is 26.2. The normalized spacial score (nSPS) is 25.1. The molecule has 37 heavy (non-hydrogen) atoms. The van der Waals surface area contributed by atoms with Crippen molar-refractivity contribution < 1.29 is 33.7 Å². The SMILES string of the molecule is COC(=O)C1C(OC(=O)c2ccccc2)C(Sc2ccccc2)C(OC(=O)c2ccccc2)[C@@H](C)[C@@H]1O. The Kier molecular flexibility index (Phi) is 8.63. The first-order chi connectivity index (χ1) is 17.9. The maximum Gasteiger partial charge on any atom is 0.338 e. The molecular weight excluding hydrogens is 492 g/mol. The Morgan fingerprint density at radius 2 is 1.19 bits per heavy atom. The molecular formula is C29H28O7S. The van der Waals surface area contributed by atoms with Crippen molar-refractivity contribution >= 4 is 29.7 Å². The molecule has 4 unspecified atom stereocenters. The number of aliphatic hydroxyl groups excluding tert-OH is 1. The first-order valence-corrected chi connectivity index (χ1v) is 12.8. The Hall–Kier alpha value is -3.62. The lowest BCUT2D eigenvalue weighted by molar-refractivity contribution is -0.168. The molecule has 0 heterocycles. The molecule has 8 heteroatoms. The number of carbonyl (C=O) groups is 3. The van der Waals surface area contributed by atoms with Crippen molar-refractivity contribution in [2.45, 2.75) is 35.4 Å². The van der Waals surface area contributed by atoms with Crippen LogP contribution < -0.4 is 0 Å². The van der Waals surface area contributed by atoms with Gasteiger partial charge in [-0.05, 0) is 36.4 Å². The molecule has 1 aliphatic carbocycles. The van der Waals surface area contributed by atoms with Crippen LogP contribution in [0.4, 0.5) is 0 Å². The molecule has 0 aliphatic heterocycles. The van der Waals surface area contributed by atoms with Crippen molar-refractivity contribution in [3.63, 3.8) is 0 Å². The third kappa shape index (κ3) is 6.03. The van der Waals surface area contributed by atoms with Gasteiger partial charge in [0.15, 0.2) is 0 Å². The summed E-state index contributed by atoms with van der Waals surface area (Å²) in [7, 11) is 1.22. The van der Waals surface area contributed by atoms with Crippen LogP contribution in [-0.2, 0) is 19.0 Å². The van der Waals surface area contributed by atoms with Crippen LogP contribution in [0.25, 0.3) is 0 Å². The highest BCUT2D eigenvalue weighted by Crippen LogP contribution is 2.43. The quantitative estimate of drug-likeness (QED) is 0.362. The summed E-state index contributed by atoms with van der Waals surface area (Å²) in [5.41, 5.74) is 0.640. The second-order valence-electron chi connectivity index (χ2n) is 8.77. The molecule has 1 aliphatic rings. The summed E-state index contributed by atoms with van der Waals surface area (Å²) >= 11 is 1.32. The lowest BCUT2D eigenvalue weighted by atomic mass is 9.75. The van der Waals surface area contributed by atoms with E-state index in [1.807, 2.05) is 30.3 Å². The van der Waals surface area contributed by atoms with Crippen LogP contribution in [0.5, 0.6) is 0 Å². The summed E-state index contributed by atoms with van der Waals surface area (Å²) in [6.45, 7) is 1.71. The molecule has 6 atom stereocenters. The van der Waals surface area contributed by atoms with Gasteiger partial charge in [-0.2, -0.15) is 0 Å². The lowest BCUT2D eigenvalue weighted by Crippen LogP contribution is -2.61. The predicted molar refractivity (Wildman–Crippen MR) is 138 cm³/mol. The number of esters is 3. The zero-order valence-corrected chi connectivity index (χ0v) is 21.2. The summed E-state index contributed by atoms with van der Waals surface area (Å²) in [5.74, 6) is -3.79. The summed E-state index contributed by atoms with van der Waals surface area (Å²) < 4.78 is 16.9. The fourth-order valence-corrected chi connectivity index (χ4v) is 5.88. The van der Waals surface area contributed by atoms with E-state index in [4.69, 9.17) is 14.2 Å². The van der Waals surface area contributed by atoms with Crippen molar-refractivity contribution in [1.82, 2.24) is 0 Å². The second kappa shape index (κ2) is 12.1. The highest BCUT2D eigenvalue weighted by Gasteiger charge is 2.56. The second-order valence-corrected chi connectivity index (χ2v) is 10.0. The molecule has 1 saturated carbocycles. The Balaban J connectivity index is 1.75. The van der Waals surface area contributed by atoms with Gasteiger partial charge in [-0.3, -0.25) is 4.79 Å². The Morgan fingerprint density at radius 1 is 0.730 bits per heavy atom. The van der Waals surface area contributed by atoms with Gasteiger partial charge in [0.1, 0.15) is 18.1 Å². The van der Waals surface area contributed by atoms with Crippen LogP contribution >= 0.6 is 11.8 Å². The van der Waals surface area contributed by atoms with E-state index in [0.717, 1.165) is 4.90 Å². The van der Waals surface area contributed by atoms with E-state index in [0.29, 0.717) is 11.1 Å². The molecule has 0 spiro atoms. The van der Waals surface area contributed by atoms with Crippen LogP contribution in [0.15, 0.2) is 95.9 Å². The van der Waals surface area contributed by atoms with E-state index < -0.39 is 53.3 Å². The molecule has 4 rings (SSSR count). The number of hydrogen-bond acceptors (Lipinski definition) is 8. The molecule has 192 valence electrons. The lowest BCUT2D eigenvalue weighted by Gasteiger charge is -2.46. The first kappa shape index (κ1) is 26.4. The number of carbonyl (C=O) groups excluding carboxylic acids is 3. The minimum atomic E-state index is -1.29. The van der Waals surface area contributed by atoms with E-state index >= 15 is 0 Å². The molecule has 0 saturated heterocycles. The molecule has 1 fully saturated rings. The van der Waals surface area contributed by atoms with Crippen molar-refractivity contribution in [2.24, 2.45) is 11.8 Å². The number of ether oxygens (including phenoxy) is 3. The van der Waals surface area contributed by atoms with Gasteiger partial charge in [-0.15, -0.1) is 11.8 Å². The fraction of sp³-hybridized carbons (Fsp3) is 0.276. The van der Waals surface area contributed by atoms with E-state index in [1.165, 1.54) is 18.9 Å². The number of aliphatic hydroxyl groups is 1. The molecule has 0 radical (unpaired) electrons. The standard InChI is InChI=1S/C29H28O7S/c1-18-23(30)22(29(33)34-2)25(36-28(32)20-14-8-4-9-15-20)26(37-21-16-10-5-11-17-21)24(18)35-27(31)19-12-6-3-7-13-19/h3-18,22-26,30H,1-2H3/t18-,22?,23-,24?,25?,26?/m0/s1. The minimum Gasteiger partial charge on any atom is -0.469 e. The number of thioether (sulfide) groups is 1. The average molecular weight is 521 g/mol. The molecule has 3 aromatic rings. The number of benzene rings is 3. The van der Waals surface area contributed by atoms with Crippen molar-refractivity contribution in [3.8, 4) is 0 Å². The summed E-state index contributed by atoms with van der Waals surface area (Å²) in [4.78, 5) is 39.9. The highest BCUT2D eigenvalue weighted by molar-refractivity contribution is 8.00. The van der Waals surface area contributed by atoms with Gasteiger partial charge in [0.2, 0.25) is 0 Å². The van der Waals surface area contributed by atoms with E-state index in [9.17, 15) is 19.5 Å². The van der Waals surface area contributed by atoms with Crippen molar-refractivity contribution in [3.05, 3.63) is 102 Å². The van der Waals surface area contributed by atoms with Gasteiger partial charge in [-0.1, -0.05) is 61.5 Å². The molecule has 1 N–H and O–H groups in total. The number of hydrogen-bond donors (Lipinski definition) is 1. The summed E-state index contributed by atoms with van der Waals surface area (Å²) in [5, 5.41) is 10.5. The highest BCUT2D eigenvalue weighted by atomic mass is 32.2. The monoisotopic (exact) mass is 520 g/mol. The van der Waals surface area contributed by atoms with Crippen LogP contribution in [-0.4, -0.2) is 53.7 Å². The van der Waals surface area contributed by atoms with Crippen LogP contribution in [0.1, 0.15) is 27.6 Å².